The van der Waals surface area contributed by atoms with E-state index in [2.05, 4.69) is 9.97 Å². The van der Waals surface area contributed by atoms with Crippen LogP contribution in [0, 0.1) is 0 Å². The largest absolute Gasteiger partial charge is 0.416 e. The summed E-state index contributed by atoms with van der Waals surface area (Å²) in [6, 6.07) is 2.35. The average Bonchev–Trinajstić information content (AvgIpc) is 2.84. The number of nitrogens with zero attached hydrogens (tertiary/aromatic N) is 1. The number of aromatic nitrogens is 2. The minimum Gasteiger partial charge on any atom is -0.334 e. The molecule has 108 valence electrons. The number of anilines is 1. The first-order chi connectivity index (χ1) is 9.20. The second-order valence-electron chi connectivity index (χ2n) is 3.71. The van der Waals surface area contributed by atoms with Gasteiger partial charge in [0.1, 0.15) is 0 Å². The molecule has 0 atom stereocenters. The molecule has 0 aliphatic carbocycles. The monoisotopic (exact) mass is 325 g/mol. The molecule has 0 saturated carbocycles. The van der Waals surface area contributed by atoms with E-state index < -0.39 is 21.8 Å². The number of imidazole rings is 1. The van der Waals surface area contributed by atoms with Gasteiger partial charge in [-0.05, 0) is 18.2 Å². The van der Waals surface area contributed by atoms with E-state index >= 15 is 0 Å². The Kier molecular flexibility index (Phi) is 3.65. The van der Waals surface area contributed by atoms with Crippen LogP contribution in [0.5, 0.6) is 0 Å². The number of hydrogen-bond donors (Lipinski definition) is 2. The number of rotatable bonds is 3. The Hall–Kier alpha value is -1.74. The van der Waals surface area contributed by atoms with E-state index in [1.54, 1.807) is 0 Å². The molecule has 0 bridgehead atoms. The summed E-state index contributed by atoms with van der Waals surface area (Å²) >= 11 is 5.69. The molecule has 1 aromatic heterocycles. The van der Waals surface area contributed by atoms with E-state index in [9.17, 15) is 21.6 Å². The van der Waals surface area contributed by atoms with Crippen LogP contribution in [-0.4, -0.2) is 18.4 Å². The van der Waals surface area contributed by atoms with Crippen molar-refractivity contribution in [3.8, 4) is 0 Å². The second kappa shape index (κ2) is 4.98. The Balaban J connectivity index is 2.39. The lowest BCUT2D eigenvalue weighted by Crippen LogP contribution is -2.14. The molecule has 20 heavy (non-hydrogen) atoms. The van der Waals surface area contributed by atoms with Crippen LogP contribution in [0.15, 0.2) is 35.7 Å². The molecule has 0 amide bonds. The first kappa shape index (κ1) is 14.7. The molecule has 0 fully saturated rings. The summed E-state index contributed by atoms with van der Waals surface area (Å²) in [6.07, 6.45) is -2.45. The molecule has 2 rings (SSSR count). The number of hydrogen-bond acceptors (Lipinski definition) is 3. The lowest BCUT2D eigenvalue weighted by atomic mass is 10.2. The second-order valence-corrected chi connectivity index (χ2v) is 5.77. The van der Waals surface area contributed by atoms with E-state index in [1.165, 1.54) is 0 Å². The van der Waals surface area contributed by atoms with Crippen molar-refractivity contribution < 1.29 is 21.6 Å². The Morgan fingerprint density at radius 3 is 2.55 bits per heavy atom. The van der Waals surface area contributed by atoms with Crippen LogP contribution in [0.4, 0.5) is 18.9 Å². The smallest absolute Gasteiger partial charge is 0.334 e. The van der Waals surface area contributed by atoms with Gasteiger partial charge < -0.3 is 4.98 Å². The summed E-state index contributed by atoms with van der Waals surface area (Å²) in [5.74, 6) is 0. The van der Waals surface area contributed by atoms with Gasteiger partial charge in [0, 0.05) is 0 Å². The van der Waals surface area contributed by atoms with E-state index in [0.717, 1.165) is 24.7 Å². The molecular formula is C10H7ClF3N3O2S. The normalized spacial score (nSPS) is 12.4. The highest BCUT2D eigenvalue weighted by atomic mass is 35.5. The molecular weight excluding hydrogens is 319 g/mol. The van der Waals surface area contributed by atoms with Gasteiger partial charge >= 0.3 is 6.18 Å². The maximum atomic E-state index is 12.6. The van der Waals surface area contributed by atoms with Crippen LogP contribution in [-0.2, 0) is 16.2 Å². The van der Waals surface area contributed by atoms with Crippen LogP contribution in [0.25, 0.3) is 0 Å². The van der Waals surface area contributed by atoms with Crippen molar-refractivity contribution in [1.29, 1.82) is 0 Å². The van der Waals surface area contributed by atoms with Crippen LogP contribution in [0.1, 0.15) is 5.56 Å². The van der Waals surface area contributed by atoms with Gasteiger partial charge in [0.05, 0.1) is 28.8 Å². The zero-order chi connectivity index (χ0) is 15.0. The standard InChI is InChI=1S/C10H7ClF3N3O2S/c11-7-2-1-6(10(12,13)14)3-8(7)17-20(18,19)9-4-15-5-16-9/h1-5,17H,(H,15,16). The summed E-state index contributed by atoms with van der Waals surface area (Å²) in [5.41, 5.74) is -1.37. The minimum atomic E-state index is -4.60. The fourth-order valence-corrected chi connectivity index (χ4v) is 2.57. The summed E-state index contributed by atoms with van der Waals surface area (Å²) in [7, 11) is -4.07. The lowest BCUT2D eigenvalue weighted by Gasteiger charge is -2.12. The fourth-order valence-electron chi connectivity index (χ4n) is 1.37. The first-order valence-electron chi connectivity index (χ1n) is 5.08. The van der Waals surface area contributed by atoms with Gasteiger partial charge in [-0.3, -0.25) is 4.72 Å². The predicted molar refractivity (Wildman–Crippen MR) is 65.9 cm³/mol. The molecule has 1 heterocycles. The number of nitrogens with one attached hydrogen (secondary N) is 2. The third-order valence-electron chi connectivity index (χ3n) is 2.30. The molecule has 5 nitrogen and oxygen atoms in total. The van der Waals surface area contributed by atoms with Gasteiger partial charge in [-0.15, -0.1) is 0 Å². The number of benzene rings is 1. The van der Waals surface area contributed by atoms with Crippen LogP contribution in [0.2, 0.25) is 5.02 Å². The van der Waals surface area contributed by atoms with E-state index in [4.69, 9.17) is 11.6 Å². The molecule has 2 aromatic rings. The minimum absolute atomic E-state index is 0.152. The SMILES string of the molecule is O=S(=O)(Nc1cc(C(F)(F)F)ccc1Cl)c1cnc[nH]1. The lowest BCUT2D eigenvalue weighted by molar-refractivity contribution is -0.137. The highest BCUT2D eigenvalue weighted by Gasteiger charge is 2.31. The Morgan fingerprint density at radius 2 is 2.00 bits per heavy atom. The van der Waals surface area contributed by atoms with Crippen molar-refractivity contribution in [1.82, 2.24) is 9.97 Å². The topological polar surface area (TPSA) is 74.8 Å². The Morgan fingerprint density at radius 1 is 1.30 bits per heavy atom. The molecule has 0 aliphatic rings. The number of alkyl halides is 3. The predicted octanol–water partition coefficient (Wildman–Crippen LogP) is 2.88. The maximum absolute atomic E-state index is 12.6. The molecule has 1 aromatic carbocycles. The van der Waals surface area contributed by atoms with Gasteiger partial charge in [-0.1, -0.05) is 11.6 Å². The molecule has 10 heteroatoms. The zero-order valence-corrected chi connectivity index (χ0v) is 11.1. The quantitative estimate of drug-likeness (QED) is 0.911. The van der Waals surface area contributed by atoms with Crippen LogP contribution >= 0.6 is 11.6 Å². The Labute approximate surface area is 116 Å². The van der Waals surface area contributed by atoms with Crippen LogP contribution < -0.4 is 4.72 Å². The average molecular weight is 326 g/mol. The Bertz CT molecular complexity index is 714. The fraction of sp³-hybridized carbons (Fsp3) is 0.100. The molecule has 0 radical (unpaired) electrons. The van der Waals surface area contributed by atoms with Crippen molar-refractivity contribution in [2.45, 2.75) is 11.2 Å². The molecule has 0 saturated heterocycles. The number of halogens is 4. The molecule has 0 aliphatic heterocycles. The summed E-state index contributed by atoms with van der Waals surface area (Å²) < 4.78 is 63.4. The number of sulfonamides is 1. The van der Waals surface area contributed by atoms with Gasteiger partial charge in [-0.2, -0.15) is 21.6 Å². The van der Waals surface area contributed by atoms with E-state index in [1.807, 2.05) is 4.72 Å². The van der Waals surface area contributed by atoms with Crippen molar-refractivity contribution >= 4 is 27.3 Å². The van der Waals surface area contributed by atoms with Crippen molar-refractivity contribution in [2.24, 2.45) is 0 Å². The number of H-pyrrole nitrogens is 1. The van der Waals surface area contributed by atoms with Crippen molar-refractivity contribution in [2.75, 3.05) is 4.72 Å². The van der Waals surface area contributed by atoms with Gasteiger partial charge in [-0.25, -0.2) is 4.98 Å². The van der Waals surface area contributed by atoms with Gasteiger partial charge in [0.15, 0.2) is 5.03 Å². The summed E-state index contributed by atoms with van der Waals surface area (Å²) in [6.45, 7) is 0. The first-order valence-corrected chi connectivity index (χ1v) is 6.94. The van der Waals surface area contributed by atoms with Crippen LogP contribution in [0.3, 0.4) is 0 Å². The highest BCUT2D eigenvalue weighted by molar-refractivity contribution is 7.92. The van der Waals surface area contributed by atoms with Crippen molar-refractivity contribution in [3.05, 3.63) is 41.3 Å². The maximum Gasteiger partial charge on any atom is 0.416 e. The number of aromatic amines is 1. The zero-order valence-electron chi connectivity index (χ0n) is 9.57. The summed E-state index contributed by atoms with van der Waals surface area (Å²) in [5, 5.41) is -0.438. The third-order valence-corrected chi connectivity index (χ3v) is 3.92. The molecule has 2 N–H and O–H groups in total. The molecule has 0 spiro atoms. The summed E-state index contributed by atoms with van der Waals surface area (Å²) in [4.78, 5) is 5.86. The highest BCUT2D eigenvalue weighted by Crippen LogP contribution is 2.34. The molecule has 0 unspecified atom stereocenters. The van der Waals surface area contributed by atoms with E-state index in [-0.39, 0.29) is 15.7 Å². The van der Waals surface area contributed by atoms with E-state index in [0.29, 0.717) is 6.07 Å². The third kappa shape index (κ3) is 3.05. The van der Waals surface area contributed by atoms with Crippen molar-refractivity contribution in [3.63, 3.8) is 0 Å². The van der Waals surface area contributed by atoms with Gasteiger partial charge in [0.25, 0.3) is 10.0 Å². The van der Waals surface area contributed by atoms with Gasteiger partial charge in [0.2, 0.25) is 0 Å².